The molecule has 0 spiro atoms. The van der Waals surface area contributed by atoms with Crippen LogP contribution in [0.3, 0.4) is 0 Å². The third kappa shape index (κ3) is 5.70. The molecule has 2 heterocycles. The molecule has 5 nitrogen and oxygen atoms in total. The Morgan fingerprint density at radius 3 is 2.52 bits per heavy atom. The molecule has 0 radical (unpaired) electrons. The summed E-state index contributed by atoms with van der Waals surface area (Å²) in [6.45, 7) is 4.99. The summed E-state index contributed by atoms with van der Waals surface area (Å²) in [4.78, 5) is 22.1. The van der Waals surface area contributed by atoms with Gasteiger partial charge in [-0.15, -0.1) is 36.2 Å². The summed E-state index contributed by atoms with van der Waals surface area (Å²) >= 11 is 1.70. The van der Waals surface area contributed by atoms with Gasteiger partial charge in [0.05, 0.1) is 5.69 Å². The first kappa shape index (κ1) is 24.1. The van der Waals surface area contributed by atoms with Crippen LogP contribution in [0, 0.1) is 11.8 Å². The third-order valence-corrected chi connectivity index (χ3v) is 6.86. The Kier molecular flexibility index (Phi) is 9.37. The van der Waals surface area contributed by atoms with Crippen LogP contribution in [-0.4, -0.2) is 53.4 Å². The molecule has 2 fully saturated rings. The number of hydrogen-bond acceptors (Lipinski definition) is 5. The van der Waals surface area contributed by atoms with Crippen molar-refractivity contribution in [3.63, 3.8) is 0 Å². The van der Waals surface area contributed by atoms with E-state index in [1.165, 1.54) is 5.56 Å². The van der Waals surface area contributed by atoms with Crippen LogP contribution in [0.1, 0.15) is 25.0 Å². The zero-order valence-electron chi connectivity index (χ0n) is 16.5. The van der Waals surface area contributed by atoms with Crippen molar-refractivity contribution in [2.45, 2.75) is 25.8 Å². The van der Waals surface area contributed by atoms with Gasteiger partial charge in [0.25, 0.3) is 0 Å². The number of nitrogens with two attached hydrogens (primary N) is 1. The monoisotopic (exact) mass is 456 g/mol. The summed E-state index contributed by atoms with van der Waals surface area (Å²) < 4.78 is 0. The standard InChI is InChI=1S/C21H28N4OS.2ClH/c22-13-17-7-4-8-19(17)21(26)25-11-9-24(10-12-25)14-18-15-27-20(23-18)16-5-2-1-3-6-16;;/h1-3,5-6,15,17,19H,4,7-14,22H2;2*1H/t17-,19-;;/m1../s1. The van der Waals surface area contributed by atoms with Crippen molar-refractivity contribution in [2.75, 3.05) is 32.7 Å². The average molecular weight is 457 g/mol. The maximum atomic E-state index is 12.8. The number of benzene rings is 1. The van der Waals surface area contributed by atoms with Gasteiger partial charge in [0.1, 0.15) is 5.01 Å². The van der Waals surface area contributed by atoms with Gasteiger partial charge in [0.15, 0.2) is 0 Å². The largest absolute Gasteiger partial charge is 0.340 e. The average Bonchev–Trinajstić information content (AvgIpc) is 3.38. The second kappa shape index (κ2) is 11.3. The Hall–Kier alpha value is -1.18. The molecule has 160 valence electrons. The number of thiazole rings is 1. The molecule has 8 heteroatoms. The van der Waals surface area contributed by atoms with E-state index in [1.54, 1.807) is 11.3 Å². The molecule has 2 aliphatic rings. The van der Waals surface area contributed by atoms with Crippen LogP contribution in [-0.2, 0) is 11.3 Å². The van der Waals surface area contributed by atoms with Crippen molar-refractivity contribution >= 4 is 42.1 Å². The predicted octanol–water partition coefficient (Wildman–Crippen LogP) is 3.67. The van der Waals surface area contributed by atoms with Crippen LogP contribution >= 0.6 is 36.2 Å². The van der Waals surface area contributed by atoms with Gasteiger partial charge in [0, 0.05) is 49.6 Å². The zero-order chi connectivity index (χ0) is 18.6. The number of amides is 1. The van der Waals surface area contributed by atoms with E-state index in [4.69, 9.17) is 10.7 Å². The van der Waals surface area contributed by atoms with Gasteiger partial charge in [-0.05, 0) is 25.3 Å². The minimum atomic E-state index is 0. The van der Waals surface area contributed by atoms with Crippen molar-refractivity contribution in [1.29, 1.82) is 0 Å². The van der Waals surface area contributed by atoms with E-state index in [1.807, 2.05) is 18.2 Å². The molecule has 1 aromatic carbocycles. The number of piperazine rings is 1. The fourth-order valence-electron chi connectivity index (χ4n) is 4.33. The molecule has 1 saturated carbocycles. The lowest BCUT2D eigenvalue weighted by atomic mass is 9.94. The number of carbonyl (C=O) groups excluding carboxylic acids is 1. The number of rotatable bonds is 5. The second-order valence-corrected chi connectivity index (χ2v) is 8.50. The highest BCUT2D eigenvalue weighted by molar-refractivity contribution is 7.13. The molecule has 1 aliphatic carbocycles. The second-order valence-electron chi connectivity index (χ2n) is 7.64. The van der Waals surface area contributed by atoms with Gasteiger partial charge in [0.2, 0.25) is 5.91 Å². The topological polar surface area (TPSA) is 62.5 Å². The smallest absolute Gasteiger partial charge is 0.226 e. The summed E-state index contributed by atoms with van der Waals surface area (Å²) in [6, 6.07) is 10.3. The lowest BCUT2D eigenvalue weighted by molar-refractivity contribution is -0.138. The molecule has 0 bridgehead atoms. The van der Waals surface area contributed by atoms with Gasteiger partial charge < -0.3 is 10.6 Å². The van der Waals surface area contributed by atoms with E-state index in [0.29, 0.717) is 18.4 Å². The van der Waals surface area contributed by atoms with E-state index < -0.39 is 0 Å². The summed E-state index contributed by atoms with van der Waals surface area (Å²) in [5, 5.41) is 3.23. The van der Waals surface area contributed by atoms with E-state index in [9.17, 15) is 4.79 Å². The molecule has 1 amide bonds. The predicted molar refractivity (Wildman–Crippen MR) is 124 cm³/mol. The first-order valence-corrected chi connectivity index (χ1v) is 10.8. The SMILES string of the molecule is Cl.Cl.NC[C@H]1CCC[C@H]1C(=O)N1CCN(Cc2csc(-c3ccccc3)n2)CC1. The van der Waals surface area contributed by atoms with E-state index in [2.05, 4.69) is 27.3 Å². The van der Waals surface area contributed by atoms with Crippen LogP contribution in [0.4, 0.5) is 0 Å². The Bertz CT molecular complexity index is 765. The molecule has 1 aromatic heterocycles. The van der Waals surface area contributed by atoms with Crippen LogP contribution in [0.15, 0.2) is 35.7 Å². The van der Waals surface area contributed by atoms with Crippen LogP contribution < -0.4 is 5.73 Å². The summed E-state index contributed by atoms with van der Waals surface area (Å²) in [6.07, 6.45) is 3.27. The number of aromatic nitrogens is 1. The van der Waals surface area contributed by atoms with Gasteiger partial charge >= 0.3 is 0 Å². The van der Waals surface area contributed by atoms with Crippen molar-refractivity contribution < 1.29 is 4.79 Å². The van der Waals surface area contributed by atoms with Gasteiger partial charge in [-0.25, -0.2) is 4.98 Å². The third-order valence-electron chi connectivity index (χ3n) is 5.92. The van der Waals surface area contributed by atoms with Gasteiger partial charge in [-0.3, -0.25) is 9.69 Å². The maximum Gasteiger partial charge on any atom is 0.226 e. The quantitative estimate of drug-likeness (QED) is 0.744. The molecule has 0 unspecified atom stereocenters. The fraction of sp³-hybridized carbons (Fsp3) is 0.524. The molecular formula is C21H30Cl2N4OS. The minimum Gasteiger partial charge on any atom is -0.340 e. The zero-order valence-corrected chi connectivity index (χ0v) is 19.0. The highest BCUT2D eigenvalue weighted by Gasteiger charge is 2.35. The van der Waals surface area contributed by atoms with Crippen LogP contribution in [0.5, 0.6) is 0 Å². The van der Waals surface area contributed by atoms with Crippen LogP contribution in [0.25, 0.3) is 10.6 Å². The summed E-state index contributed by atoms with van der Waals surface area (Å²) in [5.74, 6) is 0.887. The van der Waals surface area contributed by atoms with Crippen molar-refractivity contribution in [1.82, 2.24) is 14.8 Å². The summed E-state index contributed by atoms with van der Waals surface area (Å²) in [5.41, 5.74) is 8.16. The van der Waals surface area contributed by atoms with Gasteiger partial charge in [-0.2, -0.15) is 0 Å². The maximum absolute atomic E-state index is 12.8. The number of nitrogens with zero attached hydrogens (tertiary/aromatic N) is 3. The highest BCUT2D eigenvalue weighted by atomic mass is 35.5. The molecule has 2 atom stereocenters. The highest BCUT2D eigenvalue weighted by Crippen LogP contribution is 2.32. The molecule has 4 rings (SSSR count). The number of hydrogen-bond donors (Lipinski definition) is 1. The number of carbonyl (C=O) groups is 1. The lowest BCUT2D eigenvalue weighted by Gasteiger charge is -2.36. The fourth-order valence-corrected chi connectivity index (χ4v) is 5.14. The van der Waals surface area contributed by atoms with Crippen molar-refractivity contribution in [3.05, 3.63) is 41.4 Å². The lowest BCUT2D eigenvalue weighted by Crippen LogP contribution is -2.50. The summed E-state index contributed by atoms with van der Waals surface area (Å²) in [7, 11) is 0. The number of halogens is 2. The van der Waals surface area contributed by atoms with E-state index in [0.717, 1.165) is 62.7 Å². The first-order chi connectivity index (χ1) is 13.2. The Labute approximate surface area is 189 Å². The van der Waals surface area contributed by atoms with Crippen molar-refractivity contribution in [3.8, 4) is 10.6 Å². The molecular weight excluding hydrogens is 427 g/mol. The molecule has 29 heavy (non-hydrogen) atoms. The molecule has 2 N–H and O–H groups in total. The van der Waals surface area contributed by atoms with E-state index in [-0.39, 0.29) is 30.7 Å². The molecule has 1 saturated heterocycles. The van der Waals surface area contributed by atoms with Gasteiger partial charge in [-0.1, -0.05) is 36.8 Å². The van der Waals surface area contributed by atoms with Crippen LogP contribution in [0.2, 0.25) is 0 Å². The molecule has 2 aromatic rings. The Morgan fingerprint density at radius 1 is 1.10 bits per heavy atom. The van der Waals surface area contributed by atoms with E-state index >= 15 is 0 Å². The first-order valence-electron chi connectivity index (χ1n) is 9.95. The Balaban J connectivity index is 0.00000150. The molecule has 1 aliphatic heterocycles. The minimum absolute atomic E-state index is 0. The van der Waals surface area contributed by atoms with Crippen molar-refractivity contribution in [2.24, 2.45) is 17.6 Å². The Morgan fingerprint density at radius 2 is 1.83 bits per heavy atom. The normalized spacial score (nSPS) is 22.0.